The van der Waals surface area contributed by atoms with E-state index in [0.29, 0.717) is 19.1 Å². The van der Waals surface area contributed by atoms with Crippen molar-refractivity contribution in [2.75, 3.05) is 66.1 Å². The lowest BCUT2D eigenvalue weighted by Gasteiger charge is -2.40. The molecular formula is C33H76N2O13Si5. The second kappa shape index (κ2) is 26.2. The van der Waals surface area contributed by atoms with Crippen molar-refractivity contribution in [1.82, 2.24) is 9.96 Å². The summed E-state index contributed by atoms with van der Waals surface area (Å²) in [6, 6.07) is 1.74. The van der Waals surface area contributed by atoms with E-state index < -0.39 is 60.7 Å². The van der Waals surface area contributed by atoms with Crippen LogP contribution in [0.4, 0.5) is 9.59 Å². The minimum atomic E-state index is -3.58. The van der Waals surface area contributed by atoms with Gasteiger partial charge >= 0.3 is 38.7 Å². The molecule has 0 rings (SSSR count). The molecule has 0 unspecified atom stereocenters. The molecule has 316 valence electrons. The summed E-state index contributed by atoms with van der Waals surface area (Å²) in [7, 11) is -14.0. The molecule has 15 nitrogen and oxygen atoms in total. The molecule has 0 aliphatic rings. The quantitative estimate of drug-likeness (QED) is 0.0514. The highest BCUT2D eigenvalue weighted by molar-refractivity contribution is 6.87. The molecule has 2 N–H and O–H groups in total. The molecule has 0 aromatic carbocycles. The van der Waals surface area contributed by atoms with Gasteiger partial charge in [-0.2, -0.15) is 0 Å². The predicted molar refractivity (Wildman–Crippen MR) is 218 cm³/mol. The largest absolute Gasteiger partial charge is 0.636 e. The van der Waals surface area contributed by atoms with Gasteiger partial charge in [0.25, 0.3) is 0 Å². The van der Waals surface area contributed by atoms with Crippen LogP contribution in [0.15, 0.2) is 0 Å². The van der Waals surface area contributed by atoms with Gasteiger partial charge in [0.1, 0.15) is 13.2 Å². The monoisotopic (exact) mass is 848 g/mol. The van der Waals surface area contributed by atoms with Gasteiger partial charge in [0, 0.05) is 46.2 Å². The summed E-state index contributed by atoms with van der Waals surface area (Å²) in [4.78, 5) is 32.3. The van der Waals surface area contributed by atoms with Crippen LogP contribution in [0.25, 0.3) is 0 Å². The normalized spacial score (nSPS) is 13.2. The highest BCUT2D eigenvalue weighted by Gasteiger charge is 2.48. The third-order valence-electron chi connectivity index (χ3n) is 7.73. The van der Waals surface area contributed by atoms with Gasteiger partial charge in [-0.25, -0.2) is 9.59 Å². The highest BCUT2D eigenvalue weighted by atomic mass is 28.5. The van der Waals surface area contributed by atoms with Crippen LogP contribution in [0.3, 0.4) is 0 Å². The molecule has 53 heavy (non-hydrogen) atoms. The zero-order chi connectivity index (χ0) is 40.7. The van der Waals surface area contributed by atoms with Crippen molar-refractivity contribution in [3.63, 3.8) is 0 Å². The first kappa shape index (κ1) is 52.3. The van der Waals surface area contributed by atoms with Crippen molar-refractivity contribution in [3.8, 4) is 0 Å². The number of ether oxygens (including phenoxy) is 3. The summed E-state index contributed by atoms with van der Waals surface area (Å²) in [5.41, 5.74) is -0.959. The number of hydrogen-bond acceptors (Lipinski definition) is 13. The molecule has 0 aliphatic heterocycles. The Morgan fingerprint density at radius 2 is 0.906 bits per heavy atom. The van der Waals surface area contributed by atoms with Gasteiger partial charge in [0.15, 0.2) is 16.6 Å². The fraction of sp³-hybridized carbons (Fsp3) is 0.939. The first-order chi connectivity index (χ1) is 24.8. The Balaban J connectivity index is 6.54. The molecular weight excluding hydrogens is 773 g/mol. The van der Waals surface area contributed by atoms with Gasteiger partial charge in [-0.3, -0.25) is 9.96 Å². The number of unbranched alkanes of at least 4 members (excludes halogenated alkanes) is 1. The third kappa shape index (κ3) is 22.0. The van der Waals surface area contributed by atoms with Crippen LogP contribution in [0.2, 0.25) is 51.4 Å². The lowest BCUT2D eigenvalue weighted by Crippen LogP contribution is -2.62. The fourth-order valence-electron chi connectivity index (χ4n) is 5.76. The van der Waals surface area contributed by atoms with Crippen molar-refractivity contribution >= 4 is 55.3 Å². The topological polar surface area (TPSA) is 160 Å². The average molecular weight is 849 g/mol. The van der Waals surface area contributed by atoms with E-state index in [1.165, 1.54) is 0 Å². The van der Waals surface area contributed by atoms with E-state index in [9.17, 15) is 9.59 Å². The number of carbonyl (C=O) groups is 2. The van der Waals surface area contributed by atoms with Crippen LogP contribution in [0.5, 0.6) is 0 Å². The second-order valence-corrected chi connectivity index (χ2v) is 31.3. The zero-order valence-corrected chi connectivity index (χ0v) is 40.6. The molecule has 0 bridgehead atoms. The highest BCUT2D eigenvalue weighted by Crippen LogP contribution is 2.33. The van der Waals surface area contributed by atoms with Crippen molar-refractivity contribution in [2.24, 2.45) is 5.41 Å². The van der Waals surface area contributed by atoms with E-state index in [1.807, 2.05) is 6.92 Å². The summed E-state index contributed by atoms with van der Waals surface area (Å²) in [6.45, 7) is 30.0. The Bertz CT molecular complexity index is 936. The molecule has 0 radical (unpaired) electrons. The molecule has 0 fully saturated rings. The smallest absolute Gasteiger partial charge is 0.449 e. The molecule has 0 aromatic heterocycles. The first-order valence-corrected chi connectivity index (χ1v) is 32.0. The Labute approximate surface area is 326 Å². The number of nitrogens with one attached hydrogen (secondary N) is 2. The van der Waals surface area contributed by atoms with Crippen LogP contribution in [-0.4, -0.2) is 121 Å². The first-order valence-electron chi connectivity index (χ1n) is 19.5. The van der Waals surface area contributed by atoms with Crippen molar-refractivity contribution < 1.29 is 58.6 Å². The number of carbonyl (C=O) groups excluding carboxylic acids is 2. The lowest BCUT2D eigenvalue weighted by molar-refractivity contribution is -0.0396. The molecule has 0 spiro atoms. The van der Waals surface area contributed by atoms with Crippen LogP contribution in [0, 0.1) is 5.41 Å². The molecule has 0 aliphatic carbocycles. The molecule has 0 saturated carbocycles. The minimum absolute atomic E-state index is 0.144. The van der Waals surface area contributed by atoms with Crippen LogP contribution in [0.1, 0.15) is 81.1 Å². The molecule has 20 heteroatoms. The number of amides is 2. The maximum atomic E-state index is 13.4. The maximum Gasteiger partial charge on any atom is 0.636 e. The fourth-order valence-corrected chi connectivity index (χ4v) is 24.0. The Kier molecular flexibility index (Phi) is 25.9. The molecule has 0 atom stereocenters. The molecule has 2 amide bonds. The average Bonchev–Trinajstić information content (AvgIpc) is 3.04. The van der Waals surface area contributed by atoms with Gasteiger partial charge in [-0.1, -0.05) is 26.7 Å². The van der Waals surface area contributed by atoms with Gasteiger partial charge in [-0.05, 0) is 106 Å². The number of hydrogen-bond donors (Lipinski definition) is 2. The summed E-state index contributed by atoms with van der Waals surface area (Å²) in [5.74, 6) is 0. The standard InChI is InChI=1S/C33H76N2O13Si5/c1-15-23-26-49(9,10)47-51(13,14)48-50(11,12)27-24-33(28-38-25-16-2,29-39-31(36)34-52(41-17-3,42-18-4)43-19-5)30-40-32(37)35-53(44-20-6,45-21-7)46-22-8/h15-30H2,1-14H3,(H,34,36)(H,35,37). The molecule has 0 aromatic rings. The van der Waals surface area contributed by atoms with Crippen molar-refractivity contribution in [3.05, 3.63) is 0 Å². The van der Waals surface area contributed by atoms with Gasteiger partial charge in [0.2, 0.25) is 0 Å². The van der Waals surface area contributed by atoms with E-state index in [4.69, 9.17) is 49.0 Å². The molecule has 0 saturated heterocycles. The predicted octanol–water partition coefficient (Wildman–Crippen LogP) is 7.28. The van der Waals surface area contributed by atoms with Crippen molar-refractivity contribution in [1.29, 1.82) is 0 Å². The number of rotatable bonds is 32. The van der Waals surface area contributed by atoms with E-state index in [2.05, 4.69) is 56.2 Å². The minimum Gasteiger partial charge on any atom is -0.449 e. The van der Waals surface area contributed by atoms with Crippen LogP contribution < -0.4 is 9.96 Å². The third-order valence-corrected chi connectivity index (χ3v) is 24.1. The SMILES string of the molecule is CCCC[Si](C)(C)O[Si](C)(C)O[Si](C)(C)CCC(COCCC)(COC(=O)N[Si](OCC)(OCC)OCC)COC(=O)N[Si](OCC)(OCC)OCC. The summed E-state index contributed by atoms with van der Waals surface area (Å²) < 4.78 is 66.5. The van der Waals surface area contributed by atoms with E-state index >= 15 is 0 Å². The van der Waals surface area contributed by atoms with Gasteiger partial charge < -0.3 is 49.0 Å². The lowest BCUT2D eigenvalue weighted by atomic mass is 9.88. The Hall–Kier alpha value is -0.736. The summed E-state index contributed by atoms with van der Waals surface area (Å²) >= 11 is 0. The van der Waals surface area contributed by atoms with Crippen LogP contribution in [-0.2, 0) is 49.0 Å². The summed E-state index contributed by atoms with van der Waals surface area (Å²) in [6.07, 6.45) is 1.95. The maximum absolute atomic E-state index is 13.4. The van der Waals surface area contributed by atoms with Gasteiger partial charge in [-0.15, -0.1) is 0 Å². The zero-order valence-electron chi connectivity index (χ0n) is 35.6. The Morgan fingerprint density at radius 1 is 0.528 bits per heavy atom. The van der Waals surface area contributed by atoms with E-state index in [1.54, 1.807) is 41.5 Å². The second-order valence-electron chi connectivity index (χ2n) is 14.4. The van der Waals surface area contributed by atoms with Crippen LogP contribution >= 0.6 is 0 Å². The summed E-state index contributed by atoms with van der Waals surface area (Å²) in [5, 5.41) is 0. The van der Waals surface area contributed by atoms with Gasteiger partial charge in [0.05, 0.1) is 12.0 Å². The molecule has 0 heterocycles. The van der Waals surface area contributed by atoms with E-state index in [-0.39, 0.29) is 59.5 Å². The Morgan fingerprint density at radius 3 is 1.25 bits per heavy atom. The van der Waals surface area contributed by atoms with Crippen molar-refractivity contribution in [2.45, 2.75) is 132 Å². The van der Waals surface area contributed by atoms with E-state index in [0.717, 1.165) is 25.3 Å².